The summed E-state index contributed by atoms with van der Waals surface area (Å²) in [5.74, 6) is 0.0753. The molecule has 0 aromatic heterocycles. The van der Waals surface area contributed by atoms with Gasteiger partial charge in [0.2, 0.25) is 0 Å². The number of benzene rings is 3. The molecule has 0 radical (unpaired) electrons. The highest BCUT2D eigenvalue weighted by atomic mass is 16.1. The molecule has 0 aliphatic carbocycles. The minimum absolute atomic E-state index is 0.0753. The summed E-state index contributed by atoms with van der Waals surface area (Å²) < 4.78 is 0. The van der Waals surface area contributed by atoms with Crippen molar-refractivity contribution in [2.45, 2.75) is 13.5 Å². The van der Waals surface area contributed by atoms with Crippen LogP contribution in [0.3, 0.4) is 0 Å². The third-order valence-corrected chi connectivity index (χ3v) is 4.93. The molecule has 3 rings (SSSR count). The van der Waals surface area contributed by atoms with E-state index in [1.165, 1.54) is 5.69 Å². The summed E-state index contributed by atoms with van der Waals surface area (Å²) in [6, 6.07) is 28.0. The van der Waals surface area contributed by atoms with Crippen LogP contribution < -0.4 is 4.90 Å². The Morgan fingerprint density at radius 3 is 2.11 bits per heavy atom. The Kier molecular flexibility index (Phi) is 6.99. The normalized spacial score (nSPS) is 10.8. The Hall–Kier alpha value is -2.91. The molecule has 3 heteroatoms. The molecular formula is C25H28N2O. The van der Waals surface area contributed by atoms with E-state index in [4.69, 9.17) is 0 Å². The van der Waals surface area contributed by atoms with Crippen molar-refractivity contribution in [3.63, 3.8) is 0 Å². The molecule has 28 heavy (non-hydrogen) atoms. The first-order chi connectivity index (χ1) is 13.7. The Morgan fingerprint density at radius 2 is 1.43 bits per heavy atom. The van der Waals surface area contributed by atoms with Gasteiger partial charge in [-0.1, -0.05) is 66.7 Å². The van der Waals surface area contributed by atoms with Crippen LogP contribution in [-0.4, -0.2) is 37.4 Å². The van der Waals surface area contributed by atoms with E-state index in [2.05, 4.69) is 54.1 Å². The van der Waals surface area contributed by atoms with E-state index >= 15 is 0 Å². The van der Waals surface area contributed by atoms with Gasteiger partial charge in [0.25, 0.3) is 0 Å². The van der Waals surface area contributed by atoms with E-state index < -0.39 is 0 Å². The average Bonchev–Trinajstić information content (AvgIpc) is 2.75. The zero-order chi connectivity index (χ0) is 19.8. The molecule has 3 aromatic rings. The van der Waals surface area contributed by atoms with Crippen molar-refractivity contribution in [1.82, 2.24) is 4.90 Å². The largest absolute Gasteiger partial charge is 0.371 e. The van der Waals surface area contributed by atoms with E-state index in [1.807, 2.05) is 54.6 Å². The molecule has 0 N–H and O–H groups in total. The highest BCUT2D eigenvalue weighted by Crippen LogP contribution is 2.15. The number of anilines is 1. The van der Waals surface area contributed by atoms with Gasteiger partial charge in [-0.25, -0.2) is 0 Å². The monoisotopic (exact) mass is 372 g/mol. The Bertz CT molecular complexity index is 877. The maximum Gasteiger partial charge on any atom is 0.193 e. The van der Waals surface area contributed by atoms with E-state index in [9.17, 15) is 4.79 Å². The lowest BCUT2D eigenvalue weighted by atomic mass is 10.0. The van der Waals surface area contributed by atoms with Crippen LogP contribution in [0.15, 0.2) is 84.9 Å². The third kappa shape index (κ3) is 5.30. The molecule has 0 aliphatic heterocycles. The Balaban J connectivity index is 1.60. The molecular weight excluding hydrogens is 344 g/mol. The number of carbonyl (C=O) groups is 1. The predicted molar refractivity (Wildman–Crippen MR) is 117 cm³/mol. The fourth-order valence-corrected chi connectivity index (χ4v) is 3.36. The van der Waals surface area contributed by atoms with E-state index in [-0.39, 0.29) is 5.78 Å². The standard InChI is InChI=1S/C25H28N2O/c1-3-27(24-15-8-5-9-16-24)18-17-26(2)20-21-11-10-14-23(19-21)25(28)22-12-6-4-7-13-22/h4-16,19H,3,17-18,20H2,1-2H3. The molecule has 0 heterocycles. The summed E-state index contributed by atoms with van der Waals surface area (Å²) >= 11 is 0. The second kappa shape index (κ2) is 9.86. The molecule has 144 valence electrons. The quantitative estimate of drug-likeness (QED) is 0.500. The molecule has 0 amide bonds. The molecule has 0 saturated carbocycles. The van der Waals surface area contributed by atoms with Crippen molar-refractivity contribution in [3.05, 3.63) is 102 Å². The second-order valence-corrected chi connectivity index (χ2v) is 7.05. The van der Waals surface area contributed by atoms with Gasteiger partial charge in [-0.15, -0.1) is 0 Å². The Morgan fingerprint density at radius 1 is 0.786 bits per heavy atom. The lowest BCUT2D eigenvalue weighted by Crippen LogP contribution is -2.33. The highest BCUT2D eigenvalue weighted by molar-refractivity contribution is 6.09. The summed E-state index contributed by atoms with van der Waals surface area (Å²) in [7, 11) is 2.13. The summed E-state index contributed by atoms with van der Waals surface area (Å²) in [4.78, 5) is 17.4. The van der Waals surface area contributed by atoms with E-state index in [1.54, 1.807) is 0 Å². The smallest absolute Gasteiger partial charge is 0.193 e. The van der Waals surface area contributed by atoms with Crippen LogP contribution in [0.1, 0.15) is 28.4 Å². The molecule has 0 saturated heterocycles. The lowest BCUT2D eigenvalue weighted by Gasteiger charge is -2.26. The first-order valence-corrected chi connectivity index (χ1v) is 9.84. The number of rotatable bonds is 9. The minimum atomic E-state index is 0.0753. The van der Waals surface area contributed by atoms with E-state index in [0.717, 1.165) is 42.9 Å². The van der Waals surface area contributed by atoms with Crippen molar-refractivity contribution in [2.24, 2.45) is 0 Å². The minimum Gasteiger partial charge on any atom is -0.371 e. The summed E-state index contributed by atoms with van der Waals surface area (Å²) in [5.41, 5.74) is 3.90. The topological polar surface area (TPSA) is 23.6 Å². The van der Waals surface area contributed by atoms with E-state index in [0.29, 0.717) is 0 Å². The third-order valence-electron chi connectivity index (χ3n) is 4.93. The van der Waals surface area contributed by atoms with Gasteiger partial charge in [-0.2, -0.15) is 0 Å². The summed E-state index contributed by atoms with van der Waals surface area (Å²) in [5, 5.41) is 0. The molecule has 0 bridgehead atoms. The van der Waals surface area contributed by atoms with Crippen LogP contribution in [0.2, 0.25) is 0 Å². The SMILES string of the molecule is CCN(CCN(C)Cc1cccc(C(=O)c2ccccc2)c1)c1ccccc1. The fourth-order valence-electron chi connectivity index (χ4n) is 3.36. The number of hydrogen-bond acceptors (Lipinski definition) is 3. The second-order valence-electron chi connectivity index (χ2n) is 7.05. The van der Waals surface area contributed by atoms with Crippen LogP contribution in [-0.2, 0) is 6.54 Å². The van der Waals surface area contributed by atoms with Gasteiger partial charge in [0.05, 0.1) is 0 Å². The maximum atomic E-state index is 12.7. The van der Waals surface area contributed by atoms with Crippen LogP contribution in [0.4, 0.5) is 5.69 Å². The molecule has 0 atom stereocenters. The fraction of sp³-hybridized carbons (Fsp3) is 0.240. The number of hydrogen-bond donors (Lipinski definition) is 0. The zero-order valence-corrected chi connectivity index (χ0v) is 16.7. The number of likely N-dealkylation sites (N-methyl/N-ethyl adjacent to an activating group) is 2. The van der Waals surface area contributed by atoms with Crippen molar-refractivity contribution >= 4 is 11.5 Å². The van der Waals surface area contributed by atoms with Crippen molar-refractivity contribution in [1.29, 1.82) is 0 Å². The van der Waals surface area contributed by atoms with Gasteiger partial charge < -0.3 is 9.80 Å². The predicted octanol–water partition coefficient (Wildman–Crippen LogP) is 4.88. The molecule has 3 nitrogen and oxygen atoms in total. The highest BCUT2D eigenvalue weighted by Gasteiger charge is 2.10. The van der Waals surface area contributed by atoms with Gasteiger partial charge in [0.15, 0.2) is 5.78 Å². The van der Waals surface area contributed by atoms with Crippen molar-refractivity contribution in [3.8, 4) is 0 Å². The van der Waals surface area contributed by atoms with Crippen LogP contribution in [0, 0.1) is 0 Å². The van der Waals surface area contributed by atoms with Crippen molar-refractivity contribution < 1.29 is 4.79 Å². The number of nitrogens with zero attached hydrogens (tertiary/aromatic N) is 2. The van der Waals surface area contributed by atoms with Gasteiger partial charge in [-0.05, 0) is 37.7 Å². The number of carbonyl (C=O) groups excluding carboxylic acids is 1. The molecule has 0 spiro atoms. The first-order valence-electron chi connectivity index (χ1n) is 9.84. The van der Waals surface area contributed by atoms with Crippen LogP contribution in [0.25, 0.3) is 0 Å². The van der Waals surface area contributed by atoms with Crippen LogP contribution in [0.5, 0.6) is 0 Å². The average molecular weight is 373 g/mol. The molecule has 0 aliphatic rings. The molecule has 0 fully saturated rings. The first kappa shape index (κ1) is 19.8. The lowest BCUT2D eigenvalue weighted by molar-refractivity contribution is 0.103. The van der Waals surface area contributed by atoms with Gasteiger partial charge in [0, 0.05) is 43.0 Å². The molecule has 3 aromatic carbocycles. The van der Waals surface area contributed by atoms with Crippen LogP contribution >= 0.6 is 0 Å². The van der Waals surface area contributed by atoms with Gasteiger partial charge in [0.1, 0.15) is 0 Å². The van der Waals surface area contributed by atoms with Crippen molar-refractivity contribution in [2.75, 3.05) is 31.6 Å². The zero-order valence-electron chi connectivity index (χ0n) is 16.7. The Labute approximate surface area is 168 Å². The number of para-hydroxylation sites is 1. The summed E-state index contributed by atoms with van der Waals surface area (Å²) in [6.45, 7) is 5.92. The maximum absolute atomic E-state index is 12.7. The number of ketones is 1. The van der Waals surface area contributed by atoms with Gasteiger partial charge in [-0.3, -0.25) is 4.79 Å². The van der Waals surface area contributed by atoms with Gasteiger partial charge >= 0.3 is 0 Å². The summed E-state index contributed by atoms with van der Waals surface area (Å²) in [6.07, 6.45) is 0. The molecule has 0 unspecified atom stereocenters.